The molecular formula is C24H23NO. The molecule has 3 aromatic carbocycles. The van der Waals surface area contributed by atoms with Gasteiger partial charge in [-0.05, 0) is 41.3 Å². The number of benzene rings is 3. The Labute approximate surface area is 155 Å². The third-order valence-electron chi connectivity index (χ3n) is 4.30. The van der Waals surface area contributed by atoms with Gasteiger partial charge in [-0.2, -0.15) is 0 Å². The maximum absolute atomic E-state index is 12.8. The van der Waals surface area contributed by atoms with Gasteiger partial charge in [0.15, 0.2) is 0 Å². The van der Waals surface area contributed by atoms with E-state index in [2.05, 4.69) is 43.3 Å². The monoisotopic (exact) mass is 341 g/mol. The van der Waals surface area contributed by atoms with E-state index in [9.17, 15) is 4.79 Å². The summed E-state index contributed by atoms with van der Waals surface area (Å²) in [6.07, 6.45) is 2.15. The van der Waals surface area contributed by atoms with Gasteiger partial charge in [-0.15, -0.1) is 0 Å². The molecule has 0 atom stereocenters. The van der Waals surface area contributed by atoms with Crippen LogP contribution in [-0.2, 0) is 0 Å². The fourth-order valence-electron chi connectivity index (χ4n) is 2.96. The van der Waals surface area contributed by atoms with Gasteiger partial charge in [-0.3, -0.25) is 4.79 Å². The number of carbonyl (C=O) groups is 1. The summed E-state index contributed by atoms with van der Waals surface area (Å²) >= 11 is 0. The van der Waals surface area contributed by atoms with Crippen molar-refractivity contribution < 1.29 is 4.79 Å². The Kier molecular flexibility index (Phi) is 5.33. The Morgan fingerprint density at radius 3 is 2.04 bits per heavy atom. The van der Waals surface area contributed by atoms with Crippen molar-refractivity contribution in [1.82, 2.24) is 4.90 Å². The predicted octanol–water partition coefficient (Wildman–Crippen LogP) is 5.29. The van der Waals surface area contributed by atoms with Crippen molar-refractivity contribution >= 4 is 17.6 Å². The Morgan fingerprint density at radius 1 is 0.808 bits per heavy atom. The smallest absolute Gasteiger partial charge is 0.253 e. The Bertz CT molecular complexity index is 925. The number of hydrogen-bond acceptors (Lipinski definition) is 1. The molecular weight excluding hydrogens is 318 g/mol. The van der Waals surface area contributed by atoms with Crippen molar-refractivity contribution in [2.75, 3.05) is 14.1 Å². The highest BCUT2D eigenvalue weighted by molar-refractivity contribution is 6.03. The van der Waals surface area contributed by atoms with Gasteiger partial charge >= 0.3 is 0 Å². The summed E-state index contributed by atoms with van der Waals surface area (Å²) in [7, 11) is 3.57. The van der Waals surface area contributed by atoms with Crippen LogP contribution in [0.25, 0.3) is 11.6 Å². The fourth-order valence-corrected chi connectivity index (χ4v) is 2.96. The topological polar surface area (TPSA) is 20.3 Å². The van der Waals surface area contributed by atoms with Crippen LogP contribution < -0.4 is 0 Å². The number of nitrogens with zero attached hydrogens (tertiary/aromatic N) is 1. The first-order chi connectivity index (χ1) is 12.6. The van der Waals surface area contributed by atoms with Gasteiger partial charge < -0.3 is 4.90 Å². The van der Waals surface area contributed by atoms with E-state index in [1.807, 2.05) is 48.5 Å². The van der Waals surface area contributed by atoms with Gasteiger partial charge in [0.25, 0.3) is 5.91 Å². The summed E-state index contributed by atoms with van der Waals surface area (Å²) in [6, 6.07) is 26.4. The predicted molar refractivity (Wildman–Crippen MR) is 109 cm³/mol. The van der Waals surface area contributed by atoms with E-state index < -0.39 is 0 Å². The lowest BCUT2D eigenvalue weighted by atomic mass is 9.90. The highest BCUT2D eigenvalue weighted by Crippen LogP contribution is 2.30. The molecule has 0 saturated carbocycles. The molecule has 0 bridgehead atoms. The van der Waals surface area contributed by atoms with Crippen molar-refractivity contribution in [2.24, 2.45) is 0 Å². The molecule has 0 heterocycles. The van der Waals surface area contributed by atoms with Crippen LogP contribution in [0.1, 0.15) is 32.6 Å². The van der Waals surface area contributed by atoms with Crippen molar-refractivity contribution in [3.05, 3.63) is 107 Å². The minimum atomic E-state index is 0.00916. The van der Waals surface area contributed by atoms with E-state index in [0.29, 0.717) is 5.56 Å². The van der Waals surface area contributed by atoms with E-state index in [1.165, 1.54) is 0 Å². The van der Waals surface area contributed by atoms with Crippen LogP contribution in [0.5, 0.6) is 0 Å². The van der Waals surface area contributed by atoms with Crippen molar-refractivity contribution in [2.45, 2.75) is 6.92 Å². The molecule has 0 radical (unpaired) electrons. The Hall–Kier alpha value is -3.13. The van der Waals surface area contributed by atoms with E-state index in [4.69, 9.17) is 0 Å². The quantitative estimate of drug-likeness (QED) is 0.591. The molecule has 0 spiro atoms. The Morgan fingerprint density at radius 2 is 1.42 bits per heavy atom. The average molecular weight is 341 g/mol. The molecule has 3 rings (SSSR count). The minimum Gasteiger partial charge on any atom is -0.345 e. The second kappa shape index (κ2) is 7.83. The van der Waals surface area contributed by atoms with Crippen molar-refractivity contribution in [3.63, 3.8) is 0 Å². The van der Waals surface area contributed by atoms with Gasteiger partial charge in [0, 0.05) is 19.7 Å². The molecule has 1 amide bonds. The first-order valence-electron chi connectivity index (χ1n) is 8.71. The lowest BCUT2D eigenvalue weighted by Crippen LogP contribution is -2.23. The maximum atomic E-state index is 12.8. The van der Waals surface area contributed by atoms with E-state index in [0.717, 1.165) is 27.8 Å². The zero-order valence-corrected chi connectivity index (χ0v) is 15.4. The minimum absolute atomic E-state index is 0.00916. The molecule has 3 aromatic rings. The molecule has 0 aliphatic carbocycles. The third kappa shape index (κ3) is 3.92. The molecule has 26 heavy (non-hydrogen) atoms. The first kappa shape index (κ1) is 17.7. The lowest BCUT2D eigenvalue weighted by molar-refractivity contribution is 0.0827. The summed E-state index contributed by atoms with van der Waals surface area (Å²) in [6.45, 7) is 2.05. The second-order valence-electron chi connectivity index (χ2n) is 6.58. The summed E-state index contributed by atoms with van der Waals surface area (Å²) in [5.41, 5.74) is 6.05. The summed E-state index contributed by atoms with van der Waals surface area (Å²) in [5.74, 6) is 0.00916. The number of aryl methyl sites for hydroxylation is 1. The molecule has 2 nitrogen and oxygen atoms in total. The zero-order chi connectivity index (χ0) is 18.5. The van der Waals surface area contributed by atoms with Gasteiger partial charge in [-0.1, -0.05) is 78.4 Å². The van der Waals surface area contributed by atoms with E-state index >= 15 is 0 Å². The van der Waals surface area contributed by atoms with Gasteiger partial charge in [0.2, 0.25) is 0 Å². The van der Waals surface area contributed by atoms with Crippen LogP contribution in [0.2, 0.25) is 0 Å². The highest BCUT2D eigenvalue weighted by Gasteiger charge is 2.17. The van der Waals surface area contributed by atoms with Crippen LogP contribution >= 0.6 is 0 Å². The maximum Gasteiger partial charge on any atom is 0.253 e. The summed E-state index contributed by atoms with van der Waals surface area (Å²) in [5, 5.41) is 0. The zero-order valence-electron chi connectivity index (χ0n) is 15.4. The molecule has 0 aliphatic heterocycles. The number of hydrogen-bond donors (Lipinski definition) is 0. The lowest BCUT2D eigenvalue weighted by Gasteiger charge is -2.17. The van der Waals surface area contributed by atoms with Crippen LogP contribution in [0.3, 0.4) is 0 Å². The number of amides is 1. The number of carbonyl (C=O) groups excluding carboxylic acids is 1. The molecule has 0 N–H and O–H groups in total. The second-order valence-corrected chi connectivity index (χ2v) is 6.58. The van der Waals surface area contributed by atoms with Crippen molar-refractivity contribution in [3.8, 4) is 0 Å². The van der Waals surface area contributed by atoms with Gasteiger partial charge in [0.05, 0.1) is 0 Å². The SMILES string of the molecule is Cc1ccc(C(=O)N(C)C)c(/C(=C/c2ccccc2)c2ccccc2)c1. The highest BCUT2D eigenvalue weighted by atomic mass is 16.2. The average Bonchev–Trinajstić information content (AvgIpc) is 2.67. The first-order valence-corrected chi connectivity index (χ1v) is 8.71. The van der Waals surface area contributed by atoms with E-state index in [-0.39, 0.29) is 5.91 Å². The molecule has 0 unspecified atom stereocenters. The fraction of sp³-hybridized carbons (Fsp3) is 0.125. The largest absolute Gasteiger partial charge is 0.345 e. The normalized spacial score (nSPS) is 11.3. The van der Waals surface area contributed by atoms with Crippen molar-refractivity contribution in [1.29, 1.82) is 0 Å². The molecule has 0 saturated heterocycles. The van der Waals surface area contributed by atoms with Crippen LogP contribution in [0, 0.1) is 6.92 Å². The molecule has 0 aliphatic rings. The van der Waals surface area contributed by atoms with Crippen LogP contribution in [0.4, 0.5) is 0 Å². The standard InChI is InChI=1S/C24H23NO/c1-18-14-15-21(24(26)25(2)3)23(16-18)22(20-12-8-5-9-13-20)17-19-10-6-4-7-11-19/h4-17H,1-3H3/b22-17+. The summed E-state index contributed by atoms with van der Waals surface area (Å²) in [4.78, 5) is 14.4. The Balaban J connectivity index is 2.25. The molecule has 0 aromatic heterocycles. The van der Waals surface area contributed by atoms with Crippen LogP contribution in [-0.4, -0.2) is 24.9 Å². The molecule has 0 fully saturated rings. The van der Waals surface area contributed by atoms with E-state index in [1.54, 1.807) is 19.0 Å². The van der Waals surface area contributed by atoms with Crippen LogP contribution in [0.15, 0.2) is 78.9 Å². The van der Waals surface area contributed by atoms with Gasteiger partial charge in [0.1, 0.15) is 0 Å². The molecule has 2 heteroatoms. The molecule has 130 valence electrons. The third-order valence-corrected chi connectivity index (χ3v) is 4.30. The van der Waals surface area contributed by atoms with Gasteiger partial charge in [-0.25, -0.2) is 0 Å². The summed E-state index contributed by atoms with van der Waals surface area (Å²) < 4.78 is 0. The number of rotatable bonds is 4.